The summed E-state index contributed by atoms with van der Waals surface area (Å²) in [5.74, 6) is 1.97. The SMILES string of the molecule is C[C@H]1CCc2c(sc(NC(=S)c3ccc(-c4ccc(Cl)cc4)o3)c2C#N)C1. The number of nitrogens with zero attached hydrogens (tertiary/aromatic N) is 1. The van der Waals surface area contributed by atoms with E-state index in [1.165, 1.54) is 10.4 Å². The predicted octanol–water partition coefficient (Wildman–Crippen LogP) is 6.45. The number of anilines is 1. The minimum atomic E-state index is 0.485. The fourth-order valence-electron chi connectivity index (χ4n) is 3.35. The average molecular weight is 413 g/mol. The second kappa shape index (κ2) is 7.47. The van der Waals surface area contributed by atoms with E-state index >= 15 is 0 Å². The Morgan fingerprint density at radius 3 is 2.81 bits per heavy atom. The molecule has 0 amide bonds. The molecule has 136 valence electrons. The van der Waals surface area contributed by atoms with Crippen molar-refractivity contribution in [1.82, 2.24) is 0 Å². The molecule has 6 heteroatoms. The summed E-state index contributed by atoms with van der Waals surface area (Å²) in [5.41, 5.74) is 2.85. The normalized spacial score (nSPS) is 15.8. The second-order valence-corrected chi connectivity index (χ2v) is 8.74. The third kappa shape index (κ3) is 3.66. The van der Waals surface area contributed by atoms with Crippen molar-refractivity contribution in [3.05, 3.63) is 63.2 Å². The molecule has 1 aliphatic carbocycles. The lowest BCUT2D eigenvalue weighted by Crippen LogP contribution is -2.10. The molecule has 1 atom stereocenters. The summed E-state index contributed by atoms with van der Waals surface area (Å²) in [5, 5.41) is 14.4. The fourth-order valence-corrected chi connectivity index (χ4v) is 5.12. The van der Waals surface area contributed by atoms with Crippen LogP contribution in [-0.2, 0) is 12.8 Å². The Morgan fingerprint density at radius 2 is 2.07 bits per heavy atom. The number of benzene rings is 1. The zero-order valence-corrected chi connectivity index (χ0v) is 17.1. The lowest BCUT2D eigenvalue weighted by Gasteiger charge is -2.17. The highest BCUT2D eigenvalue weighted by molar-refractivity contribution is 7.81. The van der Waals surface area contributed by atoms with Crippen LogP contribution in [0.4, 0.5) is 5.00 Å². The summed E-state index contributed by atoms with van der Waals surface area (Å²) in [6.07, 6.45) is 3.13. The van der Waals surface area contributed by atoms with Crippen LogP contribution in [0.2, 0.25) is 5.02 Å². The van der Waals surface area contributed by atoms with Gasteiger partial charge in [-0.3, -0.25) is 0 Å². The lowest BCUT2D eigenvalue weighted by atomic mass is 9.89. The van der Waals surface area contributed by atoms with Crippen molar-refractivity contribution in [3.63, 3.8) is 0 Å². The second-order valence-electron chi connectivity index (χ2n) is 6.79. The molecule has 0 unspecified atom stereocenters. The number of nitriles is 1. The Labute approximate surface area is 172 Å². The molecule has 27 heavy (non-hydrogen) atoms. The first-order valence-corrected chi connectivity index (χ1v) is 10.4. The van der Waals surface area contributed by atoms with E-state index in [2.05, 4.69) is 18.3 Å². The molecule has 1 aliphatic rings. The number of fused-ring (bicyclic) bond motifs is 1. The predicted molar refractivity (Wildman–Crippen MR) is 115 cm³/mol. The highest BCUT2D eigenvalue weighted by atomic mass is 35.5. The largest absolute Gasteiger partial charge is 0.454 e. The summed E-state index contributed by atoms with van der Waals surface area (Å²) < 4.78 is 5.91. The van der Waals surface area contributed by atoms with Crippen molar-refractivity contribution in [3.8, 4) is 17.4 Å². The molecule has 0 bridgehead atoms. The molecule has 4 rings (SSSR count). The van der Waals surface area contributed by atoms with Gasteiger partial charge in [-0.25, -0.2) is 0 Å². The minimum absolute atomic E-state index is 0.485. The van der Waals surface area contributed by atoms with Crippen LogP contribution >= 0.6 is 35.2 Å². The molecule has 0 radical (unpaired) electrons. The van der Waals surface area contributed by atoms with E-state index in [0.29, 0.717) is 21.7 Å². The van der Waals surface area contributed by atoms with Gasteiger partial charge in [-0.1, -0.05) is 30.7 Å². The third-order valence-corrected chi connectivity index (χ3v) is 6.53. The number of furan rings is 1. The van der Waals surface area contributed by atoms with Crippen LogP contribution in [-0.4, -0.2) is 4.99 Å². The van der Waals surface area contributed by atoms with Gasteiger partial charge >= 0.3 is 0 Å². The summed E-state index contributed by atoms with van der Waals surface area (Å²) in [6, 6.07) is 13.6. The molecule has 0 aliphatic heterocycles. The van der Waals surface area contributed by atoms with E-state index in [9.17, 15) is 5.26 Å². The smallest absolute Gasteiger partial charge is 0.162 e. The first kappa shape index (κ1) is 18.2. The van der Waals surface area contributed by atoms with Gasteiger partial charge in [-0.2, -0.15) is 5.26 Å². The average Bonchev–Trinajstić information content (AvgIpc) is 3.26. The van der Waals surface area contributed by atoms with Gasteiger partial charge in [0, 0.05) is 15.5 Å². The van der Waals surface area contributed by atoms with E-state index in [0.717, 1.165) is 41.2 Å². The van der Waals surface area contributed by atoms with Crippen molar-refractivity contribution in [2.75, 3.05) is 5.32 Å². The molecular weight excluding hydrogens is 396 g/mol. The molecule has 3 nitrogen and oxygen atoms in total. The molecule has 2 heterocycles. The Morgan fingerprint density at radius 1 is 1.30 bits per heavy atom. The fraction of sp³-hybridized carbons (Fsp3) is 0.238. The molecular formula is C21H17ClN2OS2. The van der Waals surface area contributed by atoms with Crippen LogP contribution in [0.15, 0.2) is 40.8 Å². The molecule has 2 aromatic heterocycles. The number of halogens is 1. The quantitative estimate of drug-likeness (QED) is 0.502. The molecule has 1 N–H and O–H groups in total. The molecule has 0 spiro atoms. The summed E-state index contributed by atoms with van der Waals surface area (Å²) in [7, 11) is 0. The van der Waals surface area contributed by atoms with E-state index in [4.69, 9.17) is 28.2 Å². The number of nitrogens with one attached hydrogen (secondary N) is 1. The number of hydrogen-bond acceptors (Lipinski definition) is 4. The highest BCUT2D eigenvalue weighted by Crippen LogP contribution is 2.39. The van der Waals surface area contributed by atoms with E-state index in [1.807, 2.05) is 36.4 Å². The standard InChI is InChI=1S/C21H17ClN2OS2/c1-12-2-7-15-16(11-23)21(27-19(15)10-12)24-20(26)18-9-8-17(25-18)13-3-5-14(22)6-4-13/h3-6,8-9,12H,2,7,10H2,1H3,(H,24,26)/t12-/m0/s1. The Bertz CT molecular complexity index is 1040. The van der Waals surface area contributed by atoms with Crippen molar-refractivity contribution in [2.24, 2.45) is 5.92 Å². The van der Waals surface area contributed by atoms with Gasteiger partial charge < -0.3 is 9.73 Å². The van der Waals surface area contributed by atoms with Crippen LogP contribution in [0.5, 0.6) is 0 Å². The van der Waals surface area contributed by atoms with Gasteiger partial charge in [0.2, 0.25) is 0 Å². The van der Waals surface area contributed by atoms with Gasteiger partial charge in [0.05, 0.1) is 5.56 Å². The summed E-state index contributed by atoms with van der Waals surface area (Å²) >= 11 is 13.1. The minimum Gasteiger partial charge on any atom is -0.454 e. The first-order chi connectivity index (χ1) is 13.0. The van der Waals surface area contributed by atoms with E-state index in [1.54, 1.807) is 11.3 Å². The monoisotopic (exact) mass is 412 g/mol. The van der Waals surface area contributed by atoms with E-state index in [-0.39, 0.29) is 0 Å². The lowest BCUT2D eigenvalue weighted by molar-refractivity contribution is 0.507. The molecule has 0 saturated carbocycles. The summed E-state index contributed by atoms with van der Waals surface area (Å²) in [4.78, 5) is 1.79. The maximum absolute atomic E-state index is 9.63. The zero-order chi connectivity index (χ0) is 19.0. The number of hydrogen-bond donors (Lipinski definition) is 1. The maximum Gasteiger partial charge on any atom is 0.162 e. The van der Waals surface area contributed by atoms with Gasteiger partial charge in [0.15, 0.2) is 5.76 Å². The van der Waals surface area contributed by atoms with Crippen molar-refractivity contribution in [1.29, 1.82) is 5.26 Å². The van der Waals surface area contributed by atoms with Crippen LogP contribution < -0.4 is 5.32 Å². The van der Waals surface area contributed by atoms with Crippen LogP contribution in [0.3, 0.4) is 0 Å². The third-order valence-electron chi connectivity index (χ3n) is 4.81. The number of thiocarbonyl (C=S) groups is 1. The maximum atomic E-state index is 9.63. The molecule has 0 fully saturated rings. The first-order valence-electron chi connectivity index (χ1n) is 8.77. The Hall–Kier alpha value is -2.13. The van der Waals surface area contributed by atoms with Gasteiger partial charge in [0.1, 0.15) is 21.8 Å². The Kier molecular flexibility index (Phi) is 5.05. The van der Waals surface area contributed by atoms with Crippen LogP contribution in [0.25, 0.3) is 11.3 Å². The van der Waals surface area contributed by atoms with Crippen molar-refractivity contribution >= 4 is 45.1 Å². The van der Waals surface area contributed by atoms with Gasteiger partial charge in [0.25, 0.3) is 0 Å². The Balaban J connectivity index is 1.57. The van der Waals surface area contributed by atoms with Crippen molar-refractivity contribution in [2.45, 2.75) is 26.2 Å². The molecule has 3 aromatic rings. The van der Waals surface area contributed by atoms with E-state index < -0.39 is 0 Å². The van der Waals surface area contributed by atoms with Crippen LogP contribution in [0.1, 0.15) is 35.1 Å². The zero-order valence-electron chi connectivity index (χ0n) is 14.7. The van der Waals surface area contributed by atoms with Gasteiger partial charge in [-0.05, 0) is 67.1 Å². The number of thiophene rings is 1. The van der Waals surface area contributed by atoms with Crippen LogP contribution in [0, 0.1) is 17.2 Å². The number of rotatable bonds is 3. The van der Waals surface area contributed by atoms with Gasteiger partial charge in [-0.15, -0.1) is 11.3 Å². The molecule has 1 aromatic carbocycles. The topological polar surface area (TPSA) is 49.0 Å². The van der Waals surface area contributed by atoms with Crippen molar-refractivity contribution < 1.29 is 4.42 Å². The molecule has 0 saturated heterocycles. The highest BCUT2D eigenvalue weighted by Gasteiger charge is 2.24. The summed E-state index contributed by atoms with van der Waals surface area (Å²) in [6.45, 7) is 2.26.